The molecule has 5 rings (SSSR count). The fraction of sp³-hybridized carbons (Fsp3) is 0.818. The Morgan fingerprint density at radius 3 is 2.24 bits per heavy atom. The van der Waals surface area contributed by atoms with Crippen molar-refractivity contribution in [2.24, 2.45) is 11.8 Å². The van der Waals surface area contributed by atoms with E-state index in [0.717, 1.165) is 58.3 Å². The maximum atomic E-state index is 13.5. The number of aromatic nitrogens is 2. The van der Waals surface area contributed by atoms with Crippen LogP contribution in [0, 0.1) is 25.7 Å². The van der Waals surface area contributed by atoms with Crippen molar-refractivity contribution in [3.63, 3.8) is 0 Å². The van der Waals surface area contributed by atoms with Gasteiger partial charge in [0.05, 0.1) is 24.1 Å². The Morgan fingerprint density at radius 1 is 1.00 bits per heavy atom. The molecular weight excluding hydrogens is 530 g/mol. The second-order valence-corrected chi connectivity index (χ2v) is 13.7. The molecule has 3 aliphatic heterocycles. The lowest BCUT2D eigenvalue weighted by molar-refractivity contribution is -0.134. The number of unbranched alkanes of at least 4 members (excludes halogenated alkanes) is 1. The minimum Gasteiger partial charge on any atom is -0.467 e. The minimum absolute atomic E-state index is 0.0120. The molecule has 2 amide bonds. The lowest BCUT2D eigenvalue weighted by Crippen LogP contribution is -2.63. The van der Waals surface area contributed by atoms with Crippen molar-refractivity contribution in [2.45, 2.75) is 116 Å². The lowest BCUT2D eigenvalue weighted by atomic mass is 9.74. The first kappa shape index (κ1) is 31.0. The van der Waals surface area contributed by atoms with Gasteiger partial charge in [-0.3, -0.25) is 9.69 Å². The first-order valence-corrected chi connectivity index (χ1v) is 16.6. The second kappa shape index (κ2) is 13.1. The number of ether oxygens (including phenoxy) is 2. The van der Waals surface area contributed by atoms with E-state index >= 15 is 0 Å². The summed E-state index contributed by atoms with van der Waals surface area (Å²) in [5.74, 6) is 1.06. The van der Waals surface area contributed by atoms with Gasteiger partial charge in [-0.05, 0) is 58.8 Å². The van der Waals surface area contributed by atoms with Crippen LogP contribution in [0.4, 0.5) is 4.79 Å². The molecule has 42 heavy (non-hydrogen) atoms. The molecule has 1 unspecified atom stereocenters. The van der Waals surface area contributed by atoms with E-state index in [1.807, 2.05) is 18.7 Å². The molecule has 1 aliphatic carbocycles. The summed E-state index contributed by atoms with van der Waals surface area (Å²) in [5, 5.41) is 0. The van der Waals surface area contributed by atoms with Gasteiger partial charge < -0.3 is 19.3 Å². The van der Waals surface area contributed by atoms with E-state index in [4.69, 9.17) is 9.47 Å². The van der Waals surface area contributed by atoms with Gasteiger partial charge >= 0.3 is 12.1 Å². The average molecular weight is 584 g/mol. The number of methoxy groups -OCH3 is 1. The molecule has 234 valence electrons. The third-order valence-electron chi connectivity index (χ3n) is 11.0. The Kier molecular flexibility index (Phi) is 9.65. The second-order valence-electron chi connectivity index (χ2n) is 13.7. The molecule has 4 aliphatic rings. The summed E-state index contributed by atoms with van der Waals surface area (Å²) in [7, 11) is 1.54. The summed E-state index contributed by atoms with van der Waals surface area (Å²) < 4.78 is 11.6. The fourth-order valence-electron chi connectivity index (χ4n) is 8.15. The molecule has 4 heterocycles. The summed E-state index contributed by atoms with van der Waals surface area (Å²) >= 11 is 0. The predicted octanol–water partition coefficient (Wildman–Crippen LogP) is 5.77. The monoisotopic (exact) mass is 583 g/mol. The Bertz CT molecular complexity index is 1080. The zero-order valence-corrected chi connectivity index (χ0v) is 26.8. The number of piperidine rings is 2. The molecule has 1 aromatic rings. The number of aryl methyl sites for hydroxylation is 2. The van der Waals surface area contributed by atoms with E-state index in [-0.39, 0.29) is 23.1 Å². The summed E-state index contributed by atoms with van der Waals surface area (Å²) in [6, 6.07) is 0.299. The fourth-order valence-corrected chi connectivity index (χ4v) is 8.15. The highest BCUT2D eigenvalue weighted by Gasteiger charge is 2.51. The third kappa shape index (κ3) is 6.41. The van der Waals surface area contributed by atoms with Crippen molar-refractivity contribution in [2.75, 3.05) is 46.4 Å². The van der Waals surface area contributed by atoms with Crippen molar-refractivity contribution >= 4 is 12.0 Å². The molecule has 0 aromatic carbocycles. The van der Waals surface area contributed by atoms with Crippen LogP contribution in [0.2, 0.25) is 0 Å². The Hall–Kier alpha value is -2.42. The molecule has 0 bridgehead atoms. The van der Waals surface area contributed by atoms with Gasteiger partial charge in [0.1, 0.15) is 5.60 Å². The van der Waals surface area contributed by atoms with E-state index in [2.05, 4.69) is 33.6 Å². The molecule has 0 radical (unpaired) electrons. The molecule has 3 saturated heterocycles. The number of nitrogens with zero attached hydrogens (tertiary/aromatic N) is 5. The lowest BCUT2D eigenvalue weighted by Gasteiger charge is -2.55. The first-order chi connectivity index (χ1) is 20.2. The Labute approximate surface area is 252 Å². The molecular formula is C33H53N5O4. The van der Waals surface area contributed by atoms with E-state index in [1.54, 1.807) is 7.11 Å². The van der Waals surface area contributed by atoms with Gasteiger partial charge in [0.15, 0.2) is 0 Å². The van der Waals surface area contributed by atoms with Gasteiger partial charge in [0.2, 0.25) is 0 Å². The SMILES string of the molecule is CCCCC1CN(CC2CCCCC2)C(=O)OC12CCN(C1(C)CCN(C(=O)c3c(C)nc(OC)nc3C)CC1)CC2. The summed E-state index contributed by atoms with van der Waals surface area (Å²) in [6.07, 6.45) is 13.5. The predicted molar refractivity (Wildman–Crippen MR) is 163 cm³/mol. The normalized spacial score (nSPS) is 25.0. The van der Waals surface area contributed by atoms with Gasteiger partial charge in [0, 0.05) is 63.6 Å². The number of amides is 2. The number of rotatable bonds is 8. The highest BCUT2D eigenvalue weighted by molar-refractivity contribution is 5.96. The number of hydrogen-bond donors (Lipinski definition) is 0. The van der Waals surface area contributed by atoms with Crippen LogP contribution in [0.15, 0.2) is 0 Å². The van der Waals surface area contributed by atoms with Crippen LogP contribution < -0.4 is 4.74 Å². The minimum atomic E-state index is -0.331. The maximum absolute atomic E-state index is 13.5. The van der Waals surface area contributed by atoms with E-state index in [1.165, 1.54) is 44.9 Å². The zero-order chi connectivity index (χ0) is 29.9. The van der Waals surface area contributed by atoms with Gasteiger partial charge in [0.25, 0.3) is 5.91 Å². The van der Waals surface area contributed by atoms with Crippen molar-refractivity contribution in [3.05, 3.63) is 17.0 Å². The molecule has 4 fully saturated rings. The molecule has 1 spiro atoms. The summed E-state index contributed by atoms with van der Waals surface area (Å²) in [6.45, 7) is 13.3. The van der Waals surface area contributed by atoms with Gasteiger partial charge in [-0.2, -0.15) is 9.97 Å². The van der Waals surface area contributed by atoms with Crippen LogP contribution in [0.25, 0.3) is 0 Å². The highest BCUT2D eigenvalue weighted by atomic mass is 16.6. The van der Waals surface area contributed by atoms with Crippen LogP contribution in [0.3, 0.4) is 0 Å². The molecule has 1 aromatic heterocycles. The van der Waals surface area contributed by atoms with Crippen LogP contribution in [0.1, 0.15) is 113 Å². The molecule has 9 heteroatoms. The molecule has 9 nitrogen and oxygen atoms in total. The standard InChI is InChI=1S/C33H53N5O4/c1-6-7-13-27-23-37(22-26-11-9-8-10-12-26)31(40)42-33(27)16-20-38(21-17-33)32(4)14-18-36(19-15-32)29(39)28-24(2)34-30(41-5)35-25(28)3/h26-27H,6-23H2,1-5H3. The number of carbonyl (C=O) groups excluding carboxylic acids is 2. The number of carbonyl (C=O) groups is 2. The van der Waals surface area contributed by atoms with Gasteiger partial charge in [-0.15, -0.1) is 0 Å². The molecule has 1 atom stereocenters. The summed E-state index contributed by atoms with van der Waals surface area (Å²) in [5.41, 5.74) is 1.62. The van der Waals surface area contributed by atoms with Gasteiger partial charge in [-0.25, -0.2) is 4.79 Å². The van der Waals surface area contributed by atoms with Gasteiger partial charge in [-0.1, -0.05) is 39.0 Å². The van der Waals surface area contributed by atoms with Crippen LogP contribution in [-0.2, 0) is 4.74 Å². The van der Waals surface area contributed by atoms with Crippen LogP contribution in [0.5, 0.6) is 6.01 Å². The Balaban J connectivity index is 1.19. The Morgan fingerprint density at radius 2 is 1.64 bits per heavy atom. The number of likely N-dealkylation sites (tertiary alicyclic amines) is 2. The maximum Gasteiger partial charge on any atom is 0.410 e. The van der Waals surface area contributed by atoms with E-state index in [0.29, 0.717) is 47.9 Å². The van der Waals surface area contributed by atoms with Crippen LogP contribution >= 0.6 is 0 Å². The average Bonchev–Trinajstić information content (AvgIpc) is 2.98. The van der Waals surface area contributed by atoms with Crippen molar-refractivity contribution in [1.82, 2.24) is 24.7 Å². The van der Waals surface area contributed by atoms with Crippen molar-refractivity contribution in [1.29, 1.82) is 0 Å². The third-order valence-corrected chi connectivity index (χ3v) is 11.0. The molecule has 1 saturated carbocycles. The zero-order valence-electron chi connectivity index (χ0n) is 26.8. The van der Waals surface area contributed by atoms with Crippen molar-refractivity contribution < 1.29 is 19.1 Å². The first-order valence-electron chi connectivity index (χ1n) is 16.6. The van der Waals surface area contributed by atoms with Crippen LogP contribution in [-0.4, -0.2) is 94.2 Å². The topological polar surface area (TPSA) is 88.1 Å². The molecule has 0 N–H and O–H groups in total. The number of hydrogen-bond acceptors (Lipinski definition) is 7. The van der Waals surface area contributed by atoms with E-state index in [9.17, 15) is 9.59 Å². The van der Waals surface area contributed by atoms with Crippen molar-refractivity contribution in [3.8, 4) is 6.01 Å². The smallest absolute Gasteiger partial charge is 0.410 e. The quantitative estimate of drug-likeness (QED) is 0.384. The van der Waals surface area contributed by atoms with E-state index < -0.39 is 0 Å². The highest BCUT2D eigenvalue weighted by Crippen LogP contribution is 2.43. The largest absolute Gasteiger partial charge is 0.467 e. The summed E-state index contributed by atoms with van der Waals surface area (Å²) in [4.78, 5) is 42.1.